The lowest BCUT2D eigenvalue weighted by atomic mass is 10.3. The van der Waals surface area contributed by atoms with E-state index in [-0.39, 0.29) is 17.9 Å². The topological polar surface area (TPSA) is 73.1 Å². The second-order valence-electron chi connectivity index (χ2n) is 3.12. The van der Waals surface area contributed by atoms with Gasteiger partial charge in [-0.2, -0.15) is 4.98 Å². The van der Waals surface area contributed by atoms with Crippen molar-refractivity contribution in [2.75, 3.05) is 18.8 Å². The number of hydrogen-bond donors (Lipinski definition) is 2. The Balaban J connectivity index is 2.05. The Bertz CT molecular complexity index is 327. The molecule has 2 rings (SSSR count). The second-order valence-corrected chi connectivity index (χ2v) is 3.12. The highest BCUT2D eigenvalue weighted by atomic mass is 19.1. The maximum Gasteiger partial charge on any atom is 0.318 e. The first-order valence-electron chi connectivity index (χ1n) is 4.41. The maximum absolute atomic E-state index is 12.7. The predicted octanol–water partition coefficient (Wildman–Crippen LogP) is -0.0614. The number of aromatic nitrogens is 2. The van der Waals surface area contributed by atoms with Crippen LogP contribution >= 0.6 is 0 Å². The smallest absolute Gasteiger partial charge is 0.318 e. The van der Waals surface area contributed by atoms with Crippen LogP contribution in [-0.2, 0) is 0 Å². The Morgan fingerprint density at radius 2 is 2.50 bits per heavy atom. The lowest BCUT2D eigenvalue weighted by Crippen LogP contribution is -2.21. The van der Waals surface area contributed by atoms with E-state index in [1.165, 1.54) is 0 Å². The third kappa shape index (κ3) is 1.90. The van der Waals surface area contributed by atoms with Crippen molar-refractivity contribution in [1.82, 2.24) is 15.3 Å². The van der Waals surface area contributed by atoms with Crippen molar-refractivity contribution < 1.29 is 9.13 Å². The number of nitrogens with zero attached hydrogens (tertiary/aromatic N) is 2. The molecule has 3 N–H and O–H groups in total. The van der Waals surface area contributed by atoms with Gasteiger partial charge in [0, 0.05) is 6.54 Å². The molecule has 0 radical (unpaired) electrons. The molecule has 0 unspecified atom stereocenters. The zero-order chi connectivity index (χ0) is 9.97. The van der Waals surface area contributed by atoms with E-state index >= 15 is 0 Å². The van der Waals surface area contributed by atoms with E-state index in [4.69, 9.17) is 10.5 Å². The van der Waals surface area contributed by atoms with Gasteiger partial charge in [-0.05, 0) is 13.0 Å². The number of nitrogen functional groups attached to an aromatic ring is 1. The average molecular weight is 198 g/mol. The number of nitrogens with one attached hydrogen (secondary N) is 1. The van der Waals surface area contributed by atoms with Gasteiger partial charge in [0.25, 0.3) is 0 Å². The van der Waals surface area contributed by atoms with E-state index in [9.17, 15) is 4.39 Å². The van der Waals surface area contributed by atoms with Crippen LogP contribution < -0.4 is 15.8 Å². The van der Waals surface area contributed by atoms with Crippen LogP contribution in [0.2, 0.25) is 0 Å². The summed E-state index contributed by atoms with van der Waals surface area (Å²) < 4.78 is 18.1. The van der Waals surface area contributed by atoms with Gasteiger partial charge < -0.3 is 15.8 Å². The van der Waals surface area contributed by atoms with Crippen molar-refractivity contribution in [3.05, 3.63) is 12.0 Å². The van der Waals surface area contributed by atoms with Crippen LogP contribution in [0, 0.1) is 5.82 Å². The summed E-state index contributed by atoms with van der Waals surface area (Å²) in [5, 5.41) is 3.13. The molecule has 1 aliphatic rings. The largest absolute Gasteiger partial charge is 0.459 e. The average Bonchev–Trinajstić information content (AvgIpc) is 2.64. The molecule has 6 heteroatoms. The highest BCUT2D eigenvalue weighted by molar-refractivity contribution is 5.29. The molecule has 76 valence electrons. The van der Waals surface area contributed by atoms with E-state index in [2.05, 4.69) is 15.3 Å². The summed E-state index contributed by atoms with van der Waals surface area (Å²) in [6, 6.07) is 0.137. The number of rotatable bonds is 2. The van der Waals surface area contributed by atoms with E-state index in [1.807, 2.05) is 0 Å². The van der Waals surface area contributed by atoms with Crippen LogP contribution in [0.3, 0.4) is 0 Å². The van der Waals surface area contributed by atoms with Gasteiger partial charge in [-0.1, -0.05) is 0 Å². The van der Waals surface area contributed by atoms with Gasteiger partial charge in [-0.15, -0.1) is 0 Å². The predicted molar refractivity (Wildman–Crippen MR) is 48.3 cm³/mol. The minimum Gasteiger partial charge on any atom is -0.459 e. The number of anilines is 1. The van der Waals surface area contributed by atoms with Gasteiger partial charge in [0.2, 0.25) is 0 Å². The van der Waals surface area contributed by atoms with E-state index in [1.54, 1.807) is 0 Å². The van der Waals surface area contributed by atoms with Crippen molar-refractivity contribution in [1.29, 1.82) is 0 Å². The summed E-state index contributed by atoms with van der Waals surface area (Å²) in [5.41, 5.74) is 5.27. The molecule has 0 saturated carbocycles. The summed E-state index contributed by atoms with van der Waals surface area (Å²) >= 11 is 0. The first-order chi connectivity index (χ1) is 6.75. The number of nitrogens with two attached hydrogens (primary N) is 1. The van der Waals surface area contributed by atoms with Crippen LogP contribution in [0.25, 0.3) is 0 Å². The molecule has 0 aromatic carbocycles. The second kappa shape index (κ2) is 3.75. The van der Waals surface area contributed by atoms with E-state index in [0.29, 0.717) is 0 Å². The summed E-state index contributed by atoms with van der Waals surface area (Å²) in [5.74, 6) is -0.803. The quantitative estimate of drug-likeness (QED) is 0.696. The fourth-order valence-corrected chi connectivity index (χ4v) is 1.30. The Morgan fingerprint density at radius 1 is 1.64 bits per heavy atom. The Hall–Kier alpha value is -1.43. The van der Waals surface area contributed by atoms with Crippen LogP contribution in [0.4, 0.5) is 10.2 Å². The summed E-state index contributed by atoms with van der Waals surface area (Å²) in [7, 11) is 0. The fourth-order valence-electron chi connectivity index (χ4n) is 1.30. The zero-order valence-electron chi connectivity index (χ0n) is 7.53. The maximum atomic E-state index is 12.7. The van der Waals surface area contributed by atoms with Crippen molar-refractivity contribution in [3.8, 4) is 6.01 Å². The lowest BCUT2D eigenvalue weighted by molar-refractivity contribution is 0.204. The molecular formula is C8H11FN4O. The van der Waals surface area contributed by atoms with Crippen LogP contribution in [0.1, 0.15) is 6.42 Å². The molecule has 0 bridgehead atoms. The third-order valence-corrected chi connectivity index (χ3v) is 2.04. The van der Waals surface area contributed by atoms with Gasteiger partial charge in [0.15, 0.2) is 11.6 Å². The van der Waals surface area contributed by atoms with Crippen molar-refractivity contribution >= 4 is 5.82 Å². The molecule has 1 aliphatic heterocycles. The van der Waals surface area contributed by atoms with Crippen molar-refractivity contribution in [3.63, 3.8) is 0 Å². The Labute approximate surface area is 80.5 Å². The fraction of sp³-hybridized carbons (Fsp3) is 0.500. The minimum atomic E-state index is -0.623. The molecule has 1 atom stereocenters. The number of halogens is 1. The molecule has 2 heterocycles. The first-order valence-corrected chi connectivity index (χ1v) is 4.41. The molecule has 0 amide bonds. The van der Waals surface area contributed by atoms with Gasteiger partial charge >= 0.3 is 6.01 Å². The van der Waals surface area contributed by atoms with Crippen molar-refractivity contribution in [2.45, 2.75) is 12.5 Å². The molecule has 0 spiro atoms. The Kier molecular flexibility index (Phi) is 2.45. The molecule has 1 aromatic rings. The van der Waals surface area contributed by atoms with Gasteiger partial charge in [-0.25, -0.2) is 9.37 Å². The van der Waals surface area contributed by atoms with Gasteiger partial charge in [0.1, 0.15) is 6.10 Å². The number of hydrogen-bond acceptors (Lipinski definition) is 5. The Morgan fingerprint density at radius 3 is 3.14 bits per heavy atom. The van der Waals surface area contributed by atoms with Gasteiger partial charge in [0.05, 0.1) is 6.20 Å². The lowest BCUT2D eigenvalue weighted by Gasteiger charge is -2.10. The molecule has 1 fully saturated rings. The number of ether oxygens (including phenoxy) is 1. The highest BCUT2D eigenvalue weighted by Crippen LogP contribution is 2.12. The summed E-state index contributed by atoms with van der Waals surface area (Å²) in [6.07, 6.45) is 1.97. The summed E-state index contributed by atoms with van der Waals surface area (Å²) in [4.78, 5) is 7.36. The molecule has 0 aliphatic carbocycles. The van der Waals surface area contributed by atoms with Crippen LogP contribution in [0.15, 0.2) is 6.20 Å². The SMILES string of the molecule is Nc1nc(O[C@@H]2CCNC2)ncc1F. The van der Waals surface area contributed by atoms with E-state index < -0.39 is 5.82 Å². The molecule has 14 heavy (non-hydrogen) atoms. The van der Waals surface area contributed by atoms with Gasteiger partial charge in [-0.3, -0.25) is 0 Å². The molecule has 5 nitrogen and oxygen atoms in total. The van der Waals surface area contributed by atoms with E-state index in [0.717, 1.165) is 25.7 Å². The first kappa shape index (κ1) is 9.14. The standard InChI is InChI=1S/C8H11FN4O/c9-6-4-12-8(13-7(6)10)14-5-1-2-11-3-5/h4-5,11H,1-3H2,(H2,10,12,13)/t5-/m1/s1. The van der Waals surface area contributed by atoms with Crippen LogP contribution in [-0.4, -0.2) is 29.2 Å². The molecule has 1 saturated heterocycles. The zero-order valence-corrected chi connectivity index (χ0v) is 7.53. The minimum absolute atomic E-state index is 0.0554. The molecule has 1 aromatic heterocycles. The monoisotopic (exact) mass is 198 g/mol. The third-order valence-electron chi connectivity index (χ3n) is 2.04. The highest BCUT2D eigenvalue weighted by Gasteiger charge is 2.17. The normalized spacial score (nSPS) is 21.1. The summed E-state index contributed by atoms with van der Waals surface area (Å²) in [6.45, 7) is 1.68. The molecular weight excluding hydrogens is 187 g/mol. The van der Waals surface area contributed by atoms with Crippen LogP contribution in [0.5, 0.6) is 6.01 Å². The van der Waals surface area contributed by atoms with Crippen molar-refractivity contribution in [2.24, 2.45) is 0 Å².